The zero-order valence-electron chi connectivity index (χ0n) is 14.5. The molecule has 3 aromatic rings. The van der Waals surface area contributed by atoms with Crippen molar-refractivity contribution in [1.29, 1.82) is 0 Å². The Balaban J connectivity index is 1.57. The number of rotatable bonds is 3. The van der Waals surface area contributed by atoms with Crippen molar-refractivity contribution in [2.24, 2.45) is 0 Å². The average Bonchev–Trinajstić information content (AvgIpc) is 3.25. The Morgan fingerprint density at radius 2 is 2.00 bits per heavy atom. The molecule has 0 aromatic carbocycles. The zero-order valence-corrected chi connectivity index (χ0v) is 14.5. The van der Waals surface area contributed by atoms with Gasteiger partial charge in [-0.3, -0.25) is 4.98 Å². The number of aliphatic hydroxyl groups excluding tert-OH is 1. The van der Waals surface area contributed by atoms with Gasteiger partial charge in [-0.05, 0) is 31.7 Å². The van der Waals surface area contributed by atoms with E-state index in [-0.39, 0.29) is 6.61 Å². The summed E-state index contributed by atoms with van der Waals surface area (Å²) in [5, 5.41) is 17.3. The highest BCUT2D eigenvalue weighted by Gasteiger charge is 2.35. The zero-order chi connectivity index (χ0) is 17.7. The molecule has 4 N–H and O–H groups in total. The predicted molar refractivity (Wildman–Crippen MR) is 98.5 cm³/mol. The maximum atomic E-state index is 9.18. The average molecular weight is 350 g/mol. The van der Waals surface area contributed by atoms with Crippen molar-refractivity contribution in [3.8, 4) is 11.1 Å². The van der Waals surface area contributed by atoms with Gasteiger partial charge in [0.15, 0.2) is 5.65 Å². The third kappa shape index (κ3) is 2.55. The Labute approximate surface area is 151 Å². The molecule has 2 unspecified atom stereocenters. The molecule has 5 rings (SSSR count). The third-order valence-electron chi connectivity index (χ3n) is 5.71. The van der Waals surface area contributed by atoms with Crippen LogP contribution in [-0.4, -0.2) is 36.8 Å². The van der Waals surface area contributed by atoms with E-state index < -0.39 is 0 Å². The molecule has 0 amide bonds. The fourth-order valence-corrected chi connectivity index (χ4v) is 4.39. The van der Waals surface area contributed by atoms with Crippen LogP contribution in [0.5, 0.6) is 0 Å². The molecular weight excluding hydrogens is 328 g/mol. The normalized spacial score (nSPS) is 25.0. The van der Waals surface area contributed by atoms with Crippen LogP contribution in [0.2, 0.25) is 0 Å². The van der Waals surface area contributed by atoms with Crippen LogP contribution in [0.3, 0.4) is 0 Å². The van der Waals surface area contributed by atoms with Crippen LogP contribution >= 0.6 is 0 Å². The molecule has 0 spiro atoms. The fraction of sp³-hybridized carbons (Fsp3) is 0.421. The number of fused-ring (bicyclic) bond motifs is 3. The maximum absolute atomic E-state index is 9.18. The van der Waals surface area contributed by atoms with Gasteiger partial charge in [0.1, 0.15) is 5.82 Å². The number of nitrogens with one attached hydrogen (secondary N) is 1. The number of pyridine rings is 1. The number of aromatic nitrogens is 4. The van der Waals surface area contributed by atoms with E-state index in [1.54, 1.807) is 16.9 Å². The van der Waals surface area contributed by atoms with E-state index in [9.17, 15) is 5.11 Å². The topological polar surface area (TPSA) is 101 Å². The number of anilines is 1. The van der Waals surface area contributed by atoms with Crippen LogP contribution in [0.1, 0.15) is 43.0 Å². The molecule has 2 bridgehead atoms. The lowest BCUT2D eigenvalue weighted by Crippen LogP contribution is -2.37. The second-order valence-corrected chi connectivity index (χ2v) is 7.40. The van der Waals surface area contributed by atoms with E-state index in [4.69, 9.17) is 10.7 Å². The van der Waals surface area contributed by atoms with Gasteiger partial charge in [-0.15, -0.1) is 0 Å². The Kier molecular flexibility index (Phi) is 3.65. The highest BCUT2D eigenvalue weighted by molar-refractivity contribution is 5.77. The molecule has 5 heterocycles. The Morgan fingerprint density at radius 3 is 2.69 bits per heavy atom. The SMILES string of the molecule is Nc1cc(C2CC3CC[C@H](C2)N3)nc2c(-c3ccc(CO)nc3)cnn12. The van der Waals surface area contributed by atoms with Crippen LogP contribution in [-0.2, 0) is 6.61 Å². The second-order valence-electron chi connectivity index (χ2n) is 7.40. The van der Waals surface area contributed by atoms with Crippen molar-refractivity contribution in [2.75, 3.05) is 5.73 Å². The summed E-state index contributed by atoms with van der Waals surface area (Å²) in [5.74, 6) is 1.06. The first-order valence-corrected chi connectivity index (χ1v) is 9.17. The summed E-state index contributed by atoms with van der Waals surface area (Å²) in [5.41, 5.74) is 10.6. The van der Waals surface area contributed by atoms with Crippen LogP contribution in [0.4, 0.5) is 5.82 Å². The standard InChI is InChI=1S/C19H22N6O/c20-18-7-17(12-5-13-3-4-14(6-12)23-13)24-19-16(9-22-25(18)19)11-1-2-15(10-26)21-8-11/h1-2,7-9,12-14,23,26H,3-6,10,20H2/t12?,13-,14?/m1/s1. The molecule has 2 saturated heterocycles. The number of hydrogen-bond acceptors (Lipinski definition) is 6. The van der Waals surface area contributed by atoms with Gasteiger partial charge in [0.05, 0.1) is 18.5 Å². The van der Waals surface area contributed by atoms with Gasteiger partial charge in [0, 0.05) is 47.1 Å². The van der Waals surface area contributed by atoms with Crippen LogP contribution in [0, 0.1) is 0 Å². The number of nitrogens with zero attached hydrogens (tertiary/aromatic N) is 4. The Bertz CT molecular complexity index is 939. The lowest BCUT2D eigenvalue weighted by Gasteiger charge is -2.28. The number of hydrogen-bond donors (Lipinski definition) is 3. The summed E-state index contributed by atoms with van der Waals surface area (Å²) in [6, 6.07) is 6.95. The highest BCUT2D eigenvalue weighted by atomic mass is 16.3. The van der Waals surface area contributed by atoms with E-state index in [0.717, 1.165) is 35.3 Å². The van der Waals surface area contributed by atoms with Gasteiger partial charge < -0.3 is 16.2 Å². The predicted octanol–water partition coefficient (Wildman–Crippen LogP) is 1.86. The summed E-state index contributed by atoms with van der Waals surface area (Å²) >= 11 is 0. The fourth-order valence-electron chi connectivity index (χ4n) is 4.39. The quantitative estimate of drug-likeness (QED) is 0.666. The molecule has 3 atom stereocenters. The molecule has 0 radical (unpaired) electrons. The van der Waals surface area contributed by atoms with Crippen LogP contribution in [0.15, 0.2) is 30.6 Å². The Morgan fingerprint density at radius 1 is 1.19 bits per heavy atom. The lowest BCUT2D eigenvalue weighted by molar-refractivity contribution is 0.277. The smallest absolute Gasteiger partial charge is 0.165 e. The number of nitrogens with two attached hydrogens (primary N) is 1. The molecule has 0 aliphatic carbocycles. The summed E-state index contributed by atoms with van der Waals surface area (Å²) in [6.45, 7) is -0.0670. The van der Waals surface area contributed by atoms with Crippen molar-refractivity contribution in [3.05, 3.63) is 42.0 Å². The first-order valence-electron chi connectivity index (χ1n) is 9.17. The summed E-state index contributed by atoms with van der Waals surface area (Å²) in [7, 11) is 0. The van der Waals surface area contributed by atoms with E-state index >= 15 is 0 Å². The third-order valence-corrected chi connectivity index (χ3v) is 5.71. The molecule has 7 heteroatoms. The first-order chi connectivity index (χ1) is 12.7. The molecule has 7 nitrogen and oxygen atoms in total. The van der Waals surface area contributed by atoms with Gasteiger partial charge in [-0.25, -0.2) is 4.98 Å². The molecule has 2 fully saturated rings. The van der Waals surface area contributed by atoms with Crippen molar-refractivity contribution < 1.29 is 5.11 Å². The summed E-state index contributed by atoms with van der Waals surface area (Å²) in [6.07, 6.45) is 8.30. The minimum atomic E-state index is -0.0670. The number of aliphatic hydroxyl groups is 1. The minimum absolute atomic E-state index is 0.0670. The Hall–Kier alpha value is -2.51. The molecule has 0 saturated carbocycles. The van der Waals surface area contributed by atoms with Crippen LogP contribution in [0.25, 0.3) is 16.8 Å². The van der Waals surface area contributed by atoms with E-state index in [0.29, 0.717) is 29.5 Å². The molecular formula is C19H22N6O. The molecule has 26 heavy (non-hydrogen) atoms. The number of nitrogen functional groups attached to an aromatic ring is 1. The number of piperidine rings is 1. The molecule has 3 aromatic heterocycles. The summed E-state index contributed by atoms with van der Waals surface area (Å²) < 4.78 is 1.69. The molecule has 2 aliphatic heterocycles. The monoisotopic (exact) mass is 350 g/mol. The van der Waals surface area contributed by atoms with Gasteiger partial charge >= 0.3 is 0 Å². The van der Waals surface area contributed by atoms with Crippen LogP contribution < -0.4 is 11.1 Å². The largest absolute Gasteiger partial charge is 0.390 e. The van der Waals surface area contributed by atoms with Crippen molar-refractivity contribution in [2.45, 2.75) is 50.3 Å². The second kappa shape index (κ2) is 6.03. The van der Waals surface area contributed by atoms with E-state index in [1.165, 1.54) is 12.8 Å². The van der Waals surface area contributed by atoms with E-state index in [1.807, 2.05) is 18.2 Å². The molecule has 134 valence electrons. The van der Waals surface area contributed by atoms with E-state index in [2.05, 4.69) is 15.4 Å². The highest BCUT2D eigenvalue weighted by Crippen LogP contribution is 2.37. The summed E-state index contributed by atoms with van der Waals surface area (Å²) in [4.78, 5) is 9.22. The lowest BCUT2D eigenvalue weighted by atomic mass is 9.89. The minimum Gasteiger partial charge on any atom is -0.390 e. The van der Waals surface area contributed by atoms with Gasteiger partial charge in [0.25, 0.3) is 0 Å². The van der Waals surface area contributed by atoms with Gasteiger partial charge in [0.2, 0.25) is 0 Å². The van der Waals surface area contributed by atoms with Crippen molar-refractivity contribution >= 4 is 11.5 Å². The van der Waals surface area contributed by atoms with Crippen molar-refractivity contribution in [1.82, 2.24) is 24.9 Å². The first kappa shape index (κ1) is 15.7. The maximum Gasteiger partial charge on any atom is 0.165 e. The molecule has 2 aliphatic rings. The van der Waals surface area contributed by atoms with Crippen molar-refractivity contribution in [3.63, 3.8) is 0 Å². The van der Waals surface area contributed by atoms with Gasteiger partial charge in [-0.1, -0.05) is 6.07 Å². The van der Waals surface area contributed by atoms with Gasteiger partial charge in [-0.2, -0.15) is 9.61 Å².